The normalized spacial score (nSPS) is 27.1. The molecule has 0 N–H and O–H groups in total. The van der Waals surface area contributed by atoms with Crippen molar-refractivity contribution in [3.63, 3.8) is 0 Å². The Morgan fingerprint density at radius 2 is 1.13 bits per heavy atom. The van der Waals surface area contributed by atoms with Crippen LogP contribution in [0.1, 0.15) is 54.4 Å². The van der Waals surface area contributed by atoms with Crippen molar-refractivity contribution >= 4 is 19.8 Å². The quantitative estimate of drug-likeness (QED) is 0.401. The summed E-state index contributed by atoms with van der Waals surface area (Å²) in [7, 11) is -2.26. The van der Waals surface area contributed by atoms with Crippen LogP contribution in [0.25, 0.3) is 0 Å². The van der Waals surface area contributed by atoms with E-state index in [0.717, 1.165) is 0 Å². The van der Waals surface area contributed by atoms with E-state index in [-0.39, 0.29) is 35.6 Å². The van der Waals surface area contributed by atoms with Gasteiger partial charge in [-0.1, -0.05) is 64.2 Å². The van der Waals surface area contributed by atoms with Crippen molar-refractivity contribution in [3.05, 3.63) is 48.6 Å². The summed E-state index contributed by atoms with van der Waals surface area (Å²) in [4.78, 5) is 24.8. The van der Waals surface area contributed by atoms with Crippen LogP contribution < -0.4 is 0 Å². The van der Waals surface area contributed by atoms with Crippen molar-refractivity contribution in [3.8, 4) is 0 Å². The number of carbonyl (C=O) groups excluding carboxylic acids is 2. The first-order valence-electron chi connectivity index (χ1n) is 10.4. The van der Waals surface area contributed by atoms with Gasteiger partial charge in [-0.3, -0.25) is 9.59 Å². The topological polar surface area (TPSA) is 69.7 Å². The molecular formula is C24H34O5P+. The van der Waals surface area contributed by atoms with Gasteiger partial charge in [0.25, 0.3) is 0 Å². The second-order valence-electron chi connectivity index (χ2n) is 9.73. The molecule has 2 unspecified atom stereocenters. The van der Waals surface area contributed by atoms with Crippen LogP contribution in [0, 0.1) is 21.7 Å². The van der Waals surface area contributed by atoms with Gasteiger partial charge in [0.1, 0.15) is 13.2 Å². The van der Waals surface area contributed by atoms with E-state index < -0.39 is 19.1 Å². The zero-order valence-corrected chi connectivity index (χ0v) is 19.8. The molecule has 164 valence electrons. The molecule has 0 fully saturated rings. The Balaban J connectivity index is 1.80. The monoisotopic (exact) mass is 433 g/mol. The number of hydrogen-bond acceptors (Lipinski definition) is 5. The van der Waals surface area contributed by atoms with Crippen LogP contribution in [0.5, 0.6) is 0 Å². The first kappa shape index (κ1) is 24.6. The number of allylic oxidation sites excluding steroid dienone is 8. The van der Waals surface area contributed by atoms with E-state index >= 15 is 0 Å². The van der Waals surface area contributed by atoms with Gasteiger partial charge < -0.3 is 0 Å². The second kappa shape index (κ2) is 9.21. The zero-order valence-electron chi connectivity index (χ0n) is 18.9. The van der Waals surface area contributed by atoms with Gasteiger partial charge in [0.15, 0.2) is 11.6 Å². The van der Waals surface area contributed by atoms with Crippen molar-refractivity contribution < 1.29 is 23.2 Å². The Labute approximate surface area is 181 Å². The molecular weight excluding hydrogens is 399 g/mol. The molecule has 0 aromatic heterocycles. The molecule has 0 aromatic carbocycles. The van der Waals surface area contributed by atoms with Crippen molar-refractivity contribution in [1.29, 1.82) is 0 Å². The van der Waals surface area contributed by atoms with Crippen LogP contribution in [-0.4, -0.2) is 24.8 Å². The molecule has 0 bridgehead atoms. The molecule has 0 spiro atoms. The van der Waals surface area contributed by atoms with E-state index in [1.54, 1.807) is 24.3 Å². The van der Waals surface area contributed by atoms with E-state index in [2.05, 4.69) is 0 Å². The third kappa shape index (κ3) is 4.96. The predicted octanol–water partition coefficient (Wildman–Crippen LogP) is 5.91. The van der Waals surface area contributed by atoms with Crippen molar-refractivity contribution in [1.82, 2.24) is 0 Å². The highest BCUT2D eigenvalue weighted by molar-refractivity contribution is 7.33. The first-order valence-corrected chi connectivity index (χ1v) is 11.5. The molecule has 0 aromatic rings. The average molecular weight is 434 g/mol. The van der Waals surface area contributed by atoms with Crippen LogP contribution in [-0.2, 0) is 23.2 Å². The van der Waals surface area contributed by atoms with Crippen molar-refractivity contribution in [2.45, 2.75) is 54.4 Å². The van der Waals surface area contributed by atoms with Crippen molar-refractivity contribution in [2.75, 3.05) is 13.2 Å². The smallest absolute Gasteiger partial charge is 0.294 e. The Morgan fingerprint density at radius 1 is 0.767 bits per heavy atom. The SMILES string of the molecule is CC(C)(CCO[P+](=O)OCCC(C)(C)C1(C)C=CC=CC1=O)C1(C)C=CC=CC1=O. The molecule has 0 saturated heterocycles. The maximum absolute atomic E-state index is 12.4. The third-order valence-corrected chi connectivity index (χ3v) is 8.05. The maximum Gasteiger partial charge on any atom is 0.697 e. The number of hydrogen-bond donors (Lipinski definition) is 0. The fourth-order valence-corrected chi connectivity index (χ4v) is 4.27. The molecule has 30 heavy (non-hydrogen) atoms. The maximum atomic E-state index is 12.4. The summed E-state index contributed by atoms with van der Waals surface area (Å²) in [5, 5.41) is 0. The zero-order chi connectivity index (χ0) is 22.6. The first-order chi connectivity index (χ1) is 13.9. The fourth-order valence-electron chi connectivity index (χ4n) is 3.72. The fraction of sp³-hybridized carbons (Fsp3) is 0.583. The molecule has 2 atom stereocenters. The number of carbonyl (C=O) groups is 2. The third-order valence-electron chi connectivity index (χ3n) is 7.26. The summed E-state index contributed by atoms with van der Waals surface area (Å²) in [5.41, 5.74) is -1.96. The minimum Gasteiger partial charge on any atom is -0.294 e. The molecule has 0 heterocycles. The molecule has 2 rings (SSSR count). The molecule has 0 radical (unpaired) electrons. The summed E-state index contributed by atoms with van der Waals surface area (Å²) in [6.07, 6.45) is 15.4. The lowest BCUT2D eigenvalue weighted by Gasteiger charge is -2.41. The van der Waals surface area contributed by atoms with Crippen molar-refractivity contribution in [2.24, 2.45) is 21.7 Å². The Morgan fingerprint density at radius 3 is 1.47 bits per heavy atom. The van der Waals surface area contributed by atoms with Gasteiger partial charge in [-0.25, -0.2) is 0 Å². The van der Waals surface area contributed by atoms with E-state index in [4.69, 9.17) is 9.05 Å². The molecule has 0 saturated carbocycles. The van der Waals surface area contributed by atoms with Gasteiger partial charge in [0.2, 0.25) is 0 Å². The van der Waals surface area contributed by atoms with Crippen LogP contribution in [0.3, 0.4) is 0 Å². The Kier molecular flexibility index (Phi) is 7.55. The Hall–Kier alpha value is -1.68. The van der Waals surface area contributed by atoms with Gasteiger partial charge >= 0.3 is 8.25 Å². The van der Waals surface area contributed by atoms with E-state index in [9.17, 15) is 14.2 Å². The van der Waals surface area contributed by atoms with Crippen LogP contribution in [0.15, 0.2) is 48.6 Å². The van der Waals surface area contributed by atoms with Gasteiger partial charge in [0.05, 0.1) is 10.8 Å². The van der Waals surface area contributed by atoms with Crippen LogP contribution in [0.2, 0.25) is 0 Å². The highest BCUT2D eigenvalue weighted by Crippen LogP contribution is 2.47. The number of ketones is 2. The molecule has 6 heteroatoms. The average Bonchev–Trinajstić information content (AvgIpc) is 2.66. The summed E-state index contributed by atoms with van der Waals surface area (Å²) in [5.74, 6) is 0.125. The highest BCUT2D eigenvalue weighted by Gasteiger charge is 2.46. The summed E-state index contributed by atoms with van der Waals surface area (Å²) >= 11 is 0. The van der Waals surface area contributed by atoms with Crippen LogP contribution in [0.4, 0.5) is 0 Å². The van der Waals surface area contributed by atoms with Gasteiger partial charge in [0, 0.05) is 4.57 Å². The minimum atomic E-state index is -2.26. The van der Waals surface area contributed by atoms with E-state index in [0.29, 0.717) is 12.8 Å². The summed E-state index contributed by atoms with van der Waals surface area (Å²) < 4.78 is 23.0. The largest absolute Gasteiger partial charge is 0.697 e. The van der Waals surface area contributed by atoms with Gasteiger partial charge in [-0.2, -0.15) is 0 Å². The minimum absolute atomic E-state index is 0.0625. The highest BCUT2D eigenvalue weighted by atomic mass is 31.1. The lowest BCUT2D eigenvalue weighted by atomic mass is 9.61. The Bertz CT molecular complexity index is 751. The molecule has 5 nitrogen and oxygen atoms in total. The van der Waals surface area contributed by atoms with Gasteiger partial charge in [-0.15, -0.1) is 9.05 Å². The van der Waals surface area contributed by atoms with E-state index in [1.807, 2.05) is 65.8 Å². The van der Waals surface area contributed by atoms with Gasteiger partial charge in [-0.05, 0) is 49.7 Å². The molecule has 0 aliphatic heterocycles. The molecule has 2 aliphatic carbocycles. The van der Waals surface area contributed by atoms with E-state index in [1.165, 1.54) is 0 Å². The summed E-state index contributed by atoms with van der Waals surface area (Å²) in [6, 6.07) is 0. The standard InChI is InChI=1S/C24H34O5P/c1-21(2,23(5)13-9-7-11-19(23)25)15-17-28-30(27)29-18-16-22(3,4)24(6)14-10-8-12-20(24)26/h7-14H,15-18H2,1-6H3/q+1. The predicted molar refractivity (Wildman–Crippen MR) is 119 cm³/mol. The second-order valence-corrected chi connectivity index (χ2v) is 10.7. The van der Waals surface area contributed by atoms with Crippen LogP contribution >= 0.6 is 8.25 Å². The summed E-state index contributed by atoms with van der Waals surface area (Å²) in [6.45, 7) is 12.4. The molecule has 0 amide bonds. The lowest BCUT2D eigenvalue weighted by molar-refractivity contribution is -0.127. The number of rotatable bonds is 10. The molecule has 2 aliphatic rings. The lowest BCUT2D eigenvalue weighted by Crippen LogP contribution is -2.41.